The highest BCUT2D eigenvalue weighted by molar-refractivity contribution is 7.80. The Morgan fingerprint density at radius 2 is 2.22 bits per heavy atom. The van der Waals surface area contributed by atoms with Crippen LogP contribution in [0.15, 0.2) is 18.2 Å². The summed E-state index contributed by atoms with van der Waals surface area (Å²) in [4.78, 5) is 12.2. The number of nitrogens with two attached hydrogens (primary N) is 1. The van der Waals surface area contributed by atoms with Gasteiger partial charge in [-0.3, -0.25) is 4.79 Å². The number of carbonyl (C=O) groups is 1. The van der Waals surface area contributed by atoms with Crippen molar-refractivity contribution in [1.82, 2.24) is 0 Å². The first-order valence-electron chi connectivity index (χ1n) is 5.82. The second-order valence-electron chi connectivity index (χ2n) is 4.20. The maximum atomic E-state index is 13.1. The van der Waals surface area contributed by atoms with E-state index in [1.165, 1.54) is 12.1 Å². The first-order chi connectivity index (χ1) is 8.45. The number of benzene rings is 1. The second-order valence-corrected chi connectivity index (χ2v) is 4.67. The van der Waals surface area contributed by atoms with E-state index in [4.69, 9.17) is 18.0 Å². The van der Waals surface area contributed by atoms with Gasteiger partial charge in [0.25, 0.3) is 0 Å². The smallest absolute Gasteiger partial charge is 0.234 e. The predicted octanol–water partition coefficient (Wildman–Crippen LogP) is 2.78. The lowest BCUT2D eigenvalue weighted by molar-refractivity contribution is -0.118. The summed E-state index contributed by atoms with van der Waals surface area (Å²) in [5.41, 5.74) is 6.58. The van der Waals surface area contributed by atoms with Crippen molar-refractivity contribution < 1.29 is 9.18 Å². The molecule has 0 aliphatic rings. The number of aryl methyl sites for hydroxylation is 1. The van der Waals surface area contributed by atoms with Crippen LogP contribution in [0.2, 0.25) is 0 Å². The van der Waals surface area contributed by atoms with Crippen LogP contribution in [0.1, 0.15) is 25.3 Å². The minimum atomic E-state index is -0.477. The molecule has 1 aromatic carbocycles. The third-order valence-corrected chi connectivity index (χ3v) is 2.95. The number of halogens is 1. The molecule has 1 atom stereocenters. The molecule has 0 heterocycles. The van der Waals surface area contributed by atoms with Crippen molar-refractivity contribution in [1.29, 1.82) is 0 Å². The van der Waals surface area contributed by atoms with Crippen LogP contribution in [0.5, 0.6) is 0 Å². The molecule has 0 fully saturated rings. The molecule has 0 bridgehead atoms. The van der Waals surface area contributed by atoms with E-state index in [2.05, 4.69) is 5.32 Å². The molecule has 1 unspecified atom stereocenters. The third-order valence-electron chi connectivity index (χ3n) is 2.66. The Balaban J connectivity index is 2.79. The molecule has 98 valence electrons. The van der Waals surface area contributed by atoms with Gasteiger partial charge in [-0.25, -0.2) is 4.39 Å². The molecule has 0 saturated heterocycles. The Kier molecular flexibility index (Phi) is 5.22. The standard InChI is InChI=1S/C13H17FN2OS/c1-3-4-10(12(15)18)13(17)16-9-5-6-11(14)8(2)7-9/h5-7,10H,3-4H2,1-2H3,(H2,15,18)(H,16,17). The summed E-state index contributed by atoms with van der Waals surface area (Å²) in [6.07, 6.45) is 1.43. The fourth-order valence-electron chi connectivity index (χ4n) is 1.64. The Bertz CT molecular complexity index is 462. The van der Waals surface area contributed by atoms with Gasteiger partial charge in [0.15, 0.2) is 0 Å². The van der Waals surface area contributed by atoms with E-state index in [9.17, 15) is 9.18 Å². The van der Waals surface area contributed by atoms with E-state index in [-0.39, 0.29) is 16.7 Å². The van der Waals surface area contributed by atoms with Gasteiger partial charge >= 0.3 is 0 Å². The number of hydrogen-bond acceptors (Lipinski definition) is 2. The average Bonchev–Trinajstić information content (AvgIpc) is 2.30. The Labute approximate surface area is 112 Å². The zero-order valence-electron chi connectivity index (χ0n) is 10.5. The van der Waals surface area contributed by atoms with Gasteiger partial charge in [0.05, 0.1) is 10.9 Å². The zero-order chi connectivity index (χ0) is 13.7. The van der Waals surface area contributed by atoms with Gasteiger partial charge in [0.2, 0.25) is 5.91 Å². The van der Waals surface area contributed by atoms with Crippen LogP contribution in [0.3, 0.4) is 0 Å². The van der Waals surface area contributed by atoms with Gasteiger partial charge in [0, 0.05) is 5.69 Å². The molecule has 18 heavy (non-hydrogen) atoms. The van der Waals surface area contributed by atoms with E-state index in [0.717, 1.165) is 6.42 Å². The molecule has 0 spiro atoms. The van der Waals surface area contributed by atoms with Crippen LogP contribution >= 0.6 is 12.2 Å². The Morgan fingerprint density at radius 1 is 1.56 bits per heavy atom. The molecular formula is C13H17FN2OS. The van der Waals surface area contributed by atoms with Crippen molar-refractivity contribution in [2.45, 2.75) is 26.7 Å². The lowest BCUT2D eigenvalue weighted by Gasteiger charge is -2.15. The van der Waals surface area contributed by atoms with Crippen LogP contribution in [0.25, 0.3) is 0 Å². The highest BCUT2D eigenvalue weighted by Crippen LogP contribution is 2.16. The minimum Gasteiger partial charge on any atom is -0.393 e. The monoisotopic (exact) mass is 268 g/mol. The second kappa shape index (κ2) is 6.44. The van der Waals surface area contributed by atoms with Gasteiger partial charge in [-0.2, -0.15) is 0 Å². The number of rotatable bonds is 5. The molecule has 0 saturated carbocycles. The average molecular weight is 268 g/mol. The van der Waals surface area contributed by atoms with Gasteiger partial charge in [-0.05, 0) is 37.1 Å². The van der Waals surface area contributed by atoms with Gasteiger partial charge < -0.3 is 11.1 Å². The summed E-state index contributed by atoms with van der Waals surface area (Å²) in [5.74, 6) is -1.02. The normalized spacial score (nSPS) is 11.9. The zero-order valence-corrected chi connectivity index (χ0v) is 11.3. The topological polar surface area (TPSA) is 55.1 Å². The molecule has 0 aromatic heterocycles. The van der Waals surface area contributed by atoms with E-state index in [1.807, 2.05) is 6.92 Å². The lowest BCUT2D eigenvalue weighted by Crippen LogP contribution is -2.33. The van der Waals surface area contributed by atoms with Crippen LogP contribution in [0.4, 0.5) is 10.1 Å². The van der Waals surface area contributed by atoms with Gasteiger partial charge in [-0.15, -0.1) is 0 Å². The molecule has 0 aliphatic heterocycles. The van der Waals surface area contributed by atoms with Crippen molar-refractivity contribution in [3.05, 3.63) is 29.6 Å². The molecule has 0 aliphatic carbocycles. The molecular weight excluding hydrogens is 251 g/mol. The number of thiocarbonyl (C=S) groups is 1. The van der Waals surface area contributed by atoms with Crippen molar-refractivity contribution >= 4 is 28.8 Å². The molecule has 1 amide bonds. The number of carbonyl (C=O) groups excluding carboxylic acids is 1. The first-order valence-corrected chi connectivity index (χ1v) is 6.22. The van der Waals surface area contributed by atoms with E-state index >= 15 is 0 Å². The fraction of sp³-hybridized carbons (Fsp3) is 0.385. The summed E-state index contributed by atoms with van der Waals surface area (Å²) >= 11 is 4.88. The van der Waals surface area contributed by atoms with E-state index in [1.54, 1.807) is 13.0 Å². The van der Waals surface area contributed by atoms with Gasteiger partial charge in [0.1, 0.15) is 5.82 Å². The maximum absolute atomic E-state index is 13.1. The summed E-state index contributed by atoms with van der Waals surface area (Å²) in [6.45, 7) is 3.60. The van der Waals surface area contributed by atoms with Crippen molar-refractivity contribution in [3.63, 3.8) is 0 Å². The van der Waals surface area contributed by atoms with Crippen LogP contribution in [-0.4, -0.2) is 10.9 Å². The number of amides is 1. The SMILES string of the molecule is CCCC(C(=O)Nc1ccc(F)c(C)c1)C(N)=S. The highest BCUT2D eigenvalue weighted by Gasteiger charge is 2.20. The maximum Gasteiger partial charge on any atom is 0.234 e. The third kappa shape index (κ3) is 3.77. The lowest BCUT2D eigenvalue weighted by atomic mass is 10.0. The quantitative estimate of drug-likeness (QED) is 0.807. The number of hydrogen-bond donors (Lipinski definition) is 2. The molecule has 1 aromatic rings. The minimum absolute atomic E-state index is 0.188. The Morgan fingerprint density at radius 3 is 2.72 bits per heavy atom. The van der Waals surface area contributed by atoms with Crippen LogP contribution < -0.4 is 11.1 Å². The van der Waals surface area contributed by atoms with Crippen molar-refractivity contribution in [2.24, 2.45) is 11.7 Å². The van der Waals surface area contributed by atoms with Crippen molar-refractivity contribution in [3.8, 4) is 0 Å². The summed E-state index contributed by atoms with van der Waals surface area (Å²) in [6, 6.07) is 4.42. The Hall–Kier alpha value is -1.49. The largest absolute Gasteiger partial charge is 0.393 e. The predicted molar refractivity (Wildman–Crippen MR) is 75.0 cm³/mol. The molecule has 3 nitrogen and oxygen atoms in total. The molecule has 1 rings (SSSR count). The molecule has 5 heteroatoms. The number of nitrogens with one attached hydrogen (secondary N) is 1. The van der Waals surface area contributed by atoms with Crippen LogP contribution in [-0.2, 0) is 4.79 Å². The van der Waals surface area contributed by atoms with Crippen LogP contribution in [0, 0.1) is 18.7 Å². The molecule has 3 N–H and O–H groups in total. The van der Waals surface area contributed by atoms with E-state index < -0.39 is 5.92 Å². The summed E-state index contributed by atoms with van der Waals surface area (Å²) in [7, 11) is 0. The first kappa shape index (κ1) is 14.6. The number of anilines is 1. The fourth-order valence-corrected chi connectivity index (χ4v) is 1.87. The highest BCUT2D eigenvalue weighted by atomic mass is 32.1. The summed E-state index contributed by atoms with van der Waals surface area (Å²) in [5, 5.41) is 2.70. The van der Waals surface area contributed by atoms with E-state index in [0.29, 0.717) is 17.7 Å². The summed E-state index contributed by atoms with van der Waals surface area (Å²) < 4.78 is 13.1. The molecule has 0 radical (unpaired) electrons. The van der Waals surface area contributed by atoms with Gasteiger partial charge in [-0.1, -0.05) is 25.6 Å². The van der Waals surface area contributed by atoms with Crippen molar-refractivity contribution in [2.75, 3.05) is 5.32 Å².